The Morgan fingerprint density at radius 1 is 1.30 bits per heavy atom. The molecule has 1 aromatic carbocycles. The third-order valence-electron chi connectivity index (χ3n) is 3.86. The molecule has 5 nitrogen and oxygen atoms in total. The molecule has 1 heterocycles. The summed E-state index contributed by atoms with van der Waals surface area (Å²) in [6, 6.07) is 1.19. The fourth-order valence-electron chi connectivity index (χ4n) is 2.54. The maximum absolute atomic E-state index is 13.1. The summed E-state index contributed by atoms with van der Waals surface area (Å²) in [5.41, 5.74) is -0.344. The monoisotopic (exact) mass is 330 g/mol. The number of halogens is 3. The number of nitrogens with zero attached hydrogens (tertiary/aromatic N) is 1. The van der Waals surface area contributed by atoms with Gasteiger partial charge in [0.05, 0.1) is 6.10 Å². The number of rotatable bonds is 2. The van der Waals surface area contributed by atoms with Crippen molar-refractivity contribution in [2.45, 2.75) is 25.9 Å². The van der Waals surface area contributed by atoms with Crippen LogP contribution in [-0.4, -0.2) is 41.0 Å². The number of piperidine rings is 1. The number of benzene rings is 1. The number of carbonyl (C=O) groups excluding carboxylic acids is 2. The summed E-state index contributed by atoms with van der Waals surface area (Å²) in [4.78, 5) is 25.3. The molecular weight excluding hydrogens is 313 g/mol. The van der Waals surface area contributed by atoms with Crippen LogP contribution in [0.4, 0.5) is 18.9 Å². The van der Waals surface area contributed by atoms with Gasteiger partial charge in [-0.15, -0.1) is 0 Å². The molecule has 0 bridgehead atoms. The van der Waals surface area contributed by atoms with Gasteiger partial charge in [0.25, 0.3) is 0 Å². The zero-order valence-electron chi connectivity index (χ0n) is 12.5. The van der Waals surface area contributed by atoms with Crippen LogP contribution in [0.25, 0.3) is 0 Å². The Morgan fingerprint density at radius 2 is 1.91 bits per heavy atom. The van der Waals surface area contributed by atoms with Crippen molar-refractivity contribution < 1.29 is 27.9 Å². The summed E-state index contributed by atoms with van der Waals surface area (Å²) in [5, 5.41) is 11.6. The highest BCUT2D eigenvalue weighted by Crippen LogP contribution is 2.21. The van der Waals surface area contributed by atoms with Gasteiger partial charge in [-0.05, 0) is 19.8 Å². The van der Waals surface area contributed by atoms with E-state index in [1.54, 1.807) is 6.92 Å². The molecule has 1 aliphatic heterocycles. The van der Waals surface area contributed by atoms with Crippen molar-refractivity contribution in [3.05, 3.63) is 29.6 Å². The van der Waals surface area contributed by atoms with Crippen molar-refractivity contribution in [1.29, 1.82) is 0 Å². The van der Waals surface area contributed by atoms with E-state index in [1.807, 2.05) is 0 Å². The van der Waals surface area contributed by atoms with Gasteiger partial charge < -0.3 is 15.3 Å². The first-order valence-corrected chi connectivity index (χ1v) is 7.22. The molecule has 0 aliphatic carbocycles. The Labute approximate surface area is 131 Å². The topological polar surface area (TPSA) is 69.6 Å². The molecule has 0 saturated carbocycles. The normalized spacial score (nSPS) is 19.3. The molecule has 23 heavy (non-hydrogen) atoms. The molecule has 126 valence electrons. The Kier molecular flexibility index (Phi) is 5.25. The number of nitrogens with one attached hydrogen (secondary N) is 1. The molecule has 0 radical (unpaired) electrons. The molecule has 0 spiro atoms. The first-order valence-electron chi connectivity index (χ1n) is 7.22. The second-order valence-corrected chi connectivity index (χ2v) is 5.60. The van der Waals surface area contributed by atoms with Crippen LogP contribution in [0, 0.1) is 23.4 Å². The lowest BCUT2D eigenvalue weighted by molar-refractivity contribution is -0.144. The largest absolute Gasteiger partial charge is 0.393 e. The van der Waals surface area contributed by atoms with E-state index < -0.39 is 35.4 Å². The van der Waals surface area contributed by atoms with Gasteiger partial charge >= 0.3 is 11.8 Å². The third-order valence-corrected chi connectivity index (χ3v) is 3.86. The van der Waals surface area contributed by atoms with E-state index in [2.05, 4.69) is 5.32 Å². The number of amides is 2. The Morgan fingerprint density at radius 3 is 2.48 bits per heavy atom. The van der Waals surface area contributed by atoms with Gasteiger partial charge in [-0.2, -0.15) is 0 Å². The Bertz CT molecular complexity index is 599. The summed E-state index contributed by atoms with van der Waals surface area (Å²) in [5.74, 6) is -6.62. The number of hydrogen-bond donors (Lipinski definition) is 2. The first-order chi connectivity index (χ1) is 10.8. The fraction of sp³-hybridized carbons (Fsp3) is 0.467. The SMILES string of the molecule is CC(O)C1CCCN(C(=O)C(=O)Nc2cc(F)c(F)c(F)c2)C1. The minimum atomic E-state index is -1.65. The number of aliphatic hydroxyl groups is 1. The van der Waals surface area contributed by atoms with E-state index in [1.165, 1.54) is 4.90 Å². The molecule has 2 atom stereocenters. The van der Waals surface area contributed by atoms with E-state index in [0.29, 0.717) is 25.1 Å². The molecule has 2 amide bonds. The van der Waals surface area contributed by atoms with Gasteiger partial charge in [-0.3, -0.25) is 9.59 Å². The van der Waals surface area contributed by atoms with Gasteiger partial charge in [0, 0.05) is 36.8 Å². The smallest absolute Gasteiger partial charge is 0.313 e. The first kappa shape index (κ1) is 17.3. The lowest BCUT2D eigenvalue weighted by Gasteiger charge is -2.33. The lowest BCUT2D eigenvalue weighted by atomic mass is 9.93. The number of hydrogen-bond acceptors (Lipinski definition) is 3. The van der Waals surface area contributed by atoms with Gasteiger partial charge in [0.2, 0.25) is 0 Å². The minimum Gasteiger partial charge on any atom is -0.393 e. The van der Waals surface area contributed by atoms with Crippen LogP contribution in [-0.2, 0) is 9.59 Å². The molecule has 1 fully saturated rings. The summed E-state index contributed by atoms with van der Waals surface area (Å²) < 4.78 is 39.0. The van der Waals surface area contributed by atoms with Crippen LogP contribution in [0.5, 0.6) is 0 Å². The van der Waals surface area contributed by atoms with E-state index in [0.717, 1.165) is 6.42 Å². The van der Waals surface area contributed by atoms with Crippen molar-refractivity contribution >= 4 is 17.5 Å². The van der Waals surface area contributed by atoms with Crippen molar-refractivity contribution in [1.82, 2.24) is 4.90 Å². The zero-order chi connectivity index (χ0) is 17.1. The number of likely N-dealkylation sites (tertiary alicyclic amines) is 1. The van der Waals surface area contributed by atoms with E-state index >= 15 is 0 Å². The van der Waals surface area contributed by atoms with Crippen molar-refractivity contribution in [2.24, 2.45) is 5.92 Å². The van der Waals surface area contributed by atoms with Crippen LogP contribution in [0.3, 0.4) is 0 Å². The van der Waals surface area contributed by atoms with Crippen LogP contribution in [0.1, 0.15) is 19.8 Å². The lowest BCUT2D eigenvalue weighted by Crippen LogP contribution is -2.47. The highest BCUT2D eigenvalue weighted by molar-refractivity contribution is 6.39. The second kappa shape index (κ2) is 6.99. The van der Waals surface area contributed by atoms with Crippen LogP contribution >= 0.6 is 0 Å². The Hall–Kier alpha value is -2.09. The van der Waals surface area contributed by atoms with E-state index in [4.69, 9.17) is 0 Å². The molecule has 2 rings (SSSR count). The molecule has 2 N–H and O–H groups in total. The average Bonchev–Trinajstić information content (AvgIpc) is 2.51. The average molecular weight is 330 g/mol. The molecule has 0 aromatic heterocycles. The van der Waals surface area contributed by atoms with Gasteiger partial charge in [0.1, 0.15) is 0 Å². The summed E-state index contributed by atoms with van der Waals surface area (Å²) in [7, 11) is 0. The maximum atomic E-state index is 13.1. The highest BCUT2D eigenvalue weighted by Gasteiger charge is 2.30. The summed E-state index contributed by atoms with van der Waals surface area (Å²) >= 11 is 0. The highest BCUT2D eigenvalue weighted by atomic mass is 19.2. The van der Waals surface area contributed by atoms with Gasteiger partial charge in [-0.1, -0.05) is 0 Å². The van der Waals surface area contributed by atoms with Gasteiger partial charge in [0.15, 0.2) is 17.5 Å². The number of anilines is 1. The van der Waals surface area contributed by atoms with Crippen molar-refractivity contribution in [2.75, 3.05) is 18.4 Å². The molecule has 1 aromatic rings. The number of aliphatic hydroxyl groups excluding tert-OH is 1. The predicted molar refractivity (Wildman–Crippen MR) is 75.9 cm³/mol. The van der Waals surface area contributed by atoms with Crippen molar-refractivity contribution in [3.63, 3.8) is 0 Å². The van der Waals surface area contributed by atoms with E-state index in [-0.39, 0.29) is 18.2 Å². The Balaban J connectivity index is 2.04. The van der Waals surface area contributed by atoms with Crippen molar-refractivity contribution in [3.8, 4) is 0 Å². The van der Waals surface area contributed by atoms with Crippen LogP contribution in [0.2, 0.25) is 0 Å². The molecule has 1 saturated heterocycles. The predicted octanol–water partition coefficient (Wildman–Crippen LogP) is 1.66. The maximum Gasteiger partial charge on any atom is 0.313 e. The molecule has 8 heteroatoms. The number of carbonyl (C=O) groups is 2. The van der Waals surface area contributed by atoms with Crippen LogP contribution in [0.15, 0.2) is 12.1 Å². The molecule has 2 unspecified atom stereocenters. The standard InChI is InChI=1S/C15H17F3N2O3/c1-8(21)9-3-2-4-20(7-9)15(23)14(22)19-10-5-11(16)13(18)12(17)6-10/h5-6,8-9,21H,2-4,7H2,1H3,(H,19,22). The van der Waals surface area contributed by atoms with E-state index in [9.17, 15) is 27.9 Å². The summed E-state index contributed by atoms with van der Waals surface area (Å²) in [6.45, 7) is 2.21. The quantitative estimate of drug-likeness (QED) is 0.640. The molecule has 1 aliphatic rings. The van der Waals surface area contributed by atoms with Gasteiger partial charge in [-0.25, -0.2) is 13.2 Å². The zero-order valence-corrected chi connectivity index (χ0v) is 12.5. The summed E-state index contributed by atoms with van der Waals surface area (Å²) in [6.07, 6.45) is 0.792. The second-order valence-electron chi connectivity index (χ2n) is 5.60. The molecular formula is C15H17F3N2O3. The minimum absolute atomic E-state index is 0.124. The fourth-order valence-corrected chi connectivity index (χ4v) is 2.54. The third kappa shape index (κ3) is 4.01. The van der Waals surface area contributed by atoms with Crippen LogP contribution < -0.4 is 5.32 Å².